The van der Waals surface area contributed by atoms with Crippen molar-refractivity contribution in [2.24, 2.45) is 0 Å². The second-order valence-corrected chi connectivity index (χ2v) is 8.36. The molecule has 3 aromatic heterocycles. The van der Waals surface area contributed by atoms with Crippen molar-refractivity contribution in [3.8, 4) is 10.6 Å². The fraction of sp³-hybridized carbons (Fsp3) is 0.167. The lowest BCUT2D eigenvalue weighted by molar-refractivity contribution is 0.0737. The lowest BCUT2D eigenvalue weighted by Crippen LogP contribution is -2.29. The zero-order valence-corrected chi connectivity index (χ0v) is 16.1. The molecule has 7 heteroatoms. The van der Waals surface area contributed by atoms with E-state index in [1.165, 1.54) is 11.3 Å². The number of rotatable bonds is 4. The molecule has 0 spiro atoms. The minimum absolute atomic E-state index is 0.0792. The van der Waals surface area contributed by atoms with E-state index in [4.69, 9.17) is 0 Å². The summed E-state index contributed by atoms with van der Waals surface area (Å²) in [5, 5.41) is 7.70. The van der Waals surface area contributed by atoms with Crippen molar-refractivity contribution < 1.29 is 4.79 Å². The number of carbonyl (C=O) groups is 1. The Kier molecular flexibility index (Phi) is 4.37. The smallest absolute Gasteiger partial charge is 0.273 e. The molecule has 0 aliphatic carbocycles. The summed E-state index contributed by atoms with van der Waals surface area (Å²) in [6.07, 6.45) is 0. The number of benzene rings is 1. The van der Waals surface area contributed by atoms with Crippen molar-refractivity contribution in [2.45, 2.75) is 13.0 Å². The van der Waals surface area contributed by atoms with Crippen LogP contribution in [0, 0.1) is 0 Å². The predicted octanol–water partition coefficient (Wildman–Crippen LogP) is 5.31. The quantitative estimate of drug-likeness (QED) is 0.478. The highest BCUT2D eigenvalue weighted by Gasteiger charge is 2.23. The van der Waals surface area contributed by atoms with Gasteiger partial charge < -0.3 is 4.90 Å². The van der Waals surface area contributed by atoms with E-state index in [-0.39, 0.29) is 11.9 Å². The normalized spacial score (nSPS) is 12.4. The van der Waals surface area contributed by atoms with E-state index in [1.807, 2.05) is 54.4 Å². The number of aromatic nitrogens is 2. The van der Waals surface area contributed by atoms with E-state index < -0.39 is 0 Å². The Morgan fingerprint density at radius 1 is 1.16 bits per heavy atom. The molecule has 0 aliphatic rings. The van der Waals surface area contributed by atoms with Crippen molar-refractivity contribution in [1.82, 2.24) is 14.9 Å². The van der Waals surface area contributed by atoms with Gasteiger partial charge in [-0.25, -0.2) is 9.97 Å². The highest BCUT2D eigenvalue weighted by Crippen LogP contribution is 2.30. The number of nitrogens with zero attached hydrogens (tertiary/aromatic N) is 3. The fourth-order valence-corrected chi connectivity index (χ4v) is 5.05. The molecule has 1 amide bonds. The van der Waals surface area contributed by atoms with Crippen LogP contribution in [0.3, 0.4) is 0 Å². The fourth-order valence-electron chi connectivity index (χ4n) is 2.48. The lowest BCUT2D eigenvalue weighted by Gasteiger charge is -2.22. The summed E-state index contributed by atoms with van der Waals surface area (Å²) < 4.78 is 1.14. The van der Waals surface area contributed by atoms with Crippen LogP contribution in [-0.2, 0) is 0 Å². The zero-order chi connectivity index (χ0) is 17.4. The predicted molar refractivity (Wildman–Crippen MR) is 106 cm³/mol. The largest absolute Gasteiger partial charge is 0.331 e. The topological polar surface area (TPSA) is 46.1 Å². The summed E-state index contributed by atoms with van der Waals surface area (Å²) in [7, 11) is 1.81. The van der Waals surface area contributed by atoms with Gasteiger partial charge in [0.2, 0.25) is 0 Å². The Morgan fingerprint density at radius 2 is 2.00 bits per heavy atom. The van der Waals surface area contributed by atoms with Crippen molar-refractivity contribution in [3.63, 3.8) is 0 Å². The van der Waals surface area contributed by atoms with Gasteiger partial charge in [-0.05, 0) is 30.5 Å². The molecule has 25 heavy (non-hydrogen) atoms. The summed E-state index contributed by atoms with van der Waals surface area (Å²) in [6, 6.07) is 9.95. The Labute approximate surface area is 157 Å². The molecule has 0 radical (unpaired) electrons. The van der Waals surface area contributed by atoms with Gasteiger partial charge in [0.1, 0.15) is 15.7 Å². The molecule has 0 saturated heterocycles. The van der Waals surface area contributed by atoms with Crippen LogP contribution in [0.25, 0.3) is 20.8 Å². The molecule has 0 fully saturated rings. The number of fused-ring (bicyclic) bond motifs is 1. The van der Waals surface area contributed by atoms with Crippen molar-refractivity contribution in [1.29, 1.82) is 0 Å². The number of amides is 1. The van der Waals surface area contributed by atoms with Gasteiger partial charge in [0, 0.05) is 23.4 Å². The number of hydrogen-bond donors (Lipinski definition) is 0. The average molecular weight is 386 g/mol. The molecule has 4 nitrogen and oxygen atoms in total. The third-order valence-corrected chi connectivity index (χ3v) is 6.84. The van der Waals surface area contributed by atoms with Gasteiger partial charge >= 0.3 is 0 Å². The summed E-state index contributed by atoms with van der Waals surface area (Å²) >= 11 is 4.75. The van der Waals surface area contributed by atoms with E-state index in [9.17, 15) is 4.79 Å². The van der Waals surface area contributed by atoms with Gasteiger partial charge in [0.05, 0.1) is 16.3 Å². The number of para-hydroxylation sites is 1. The first-order chi connectivity index (χ1) is 12.1. The van der Waals surface area contributed by atoms with E-state index >= 15 is 0 Å². The summed E-state index contributed by atoms with van der Waals surface area (Å²) in [5.41, 5.74) is 2.53. The molecule has 0 aliphatic heterocycles. The van der Waals surface area contributed by atoms with Gasteiger partial charge in [0.15, 0.2) is 0 Å². The van der Waals surface area contributed by atoms with Crippen LogP contribution in [0.4, 0.5) is 0 Å². The van der Waals surface area contributed by atoms with Crippen LogP contribution in [0.5, 0.6) is 0 Å². The molecule has 0 bridgehead atoms. The van der Waals surface area contributed by atoms with Gasteiger partial charge in [-0.1, -0.05) is 12.1 Å². The standard InChI is InChI=1S/C18H15N3OS3/c1-11(16-19-13-5-3-4-6-15(13)25-16)21(2)18(22)14-10-24-17(20-14)12-7-8-23-9-12/h3-11H,1-2H3/t11-/m1/s1. The number of carbonyl (C=O) groups excluding carboxylic acids is 1. The average Bonchev–Trinajstić information content (AvgIpc) is 3.38. The molecule has 0 unspecified atom stereocenters. The summed E-state index contributed by atoms with van der Waals surface area (Å²) in [4.78, 5) is 23.7. The molecular weight excluding hydrogens is 370 g/mol. The van der Waals surface area contributed by atoms with Gasteiger partial charge in [-0.2, -0.15) is 11.3 Å². The molecule has 126 valence electrons. The first-order valence-electron chi connectivity index (χ1n) is 7.74. The molecule has 4 rings (SSSR count). The molecule has 1 aromatic carbocycles. The lowest BCUT2D eigenvalue weighted by atomic mass is 10.3. The van der Waals surface area contributed by atoms with E-state index in [1.54, 1.807) is 27.6 Å². The highest BCUT2D eigenvalue weighted by atomic mass is 32.1. The maximum atomic E-state index is 12.8. The van der Waals surface area contributed by atoms with E-state index in [0.29, 0.717) is 5.69 Å². The molecule has 4 aromatic rings. The van der Waals surface area contributed by atoms with Crippen molar-refractivity contribution in [3.05, 3.63) is 57.2 Å². The Balaban J connectivity index is 1.57. The van der Waals surface area contributed by atoms with Crippen LogP contribution >= 0.6 is 34.0 Å². The van der Waals surface area contributed by atoms with Crippen LogP contribution in [-0.4, -0.2) is 27.8 Å². The third kappa shape index (κ3) is 3.10. The van der Waals surface area contributed by atoms with Gasteiger partial charge in [-0.15, -0.1) is 22.7 Å². The molecule has 3 heterocycles. The van der Waals surface area contributed by atoms with Crippen LogP contribution in [0.2, 0.25) is 0 Å². The maximum absolute atomic E-state index is 12.8. The van der Waals surface area contributed by atoms with Crippen LogP contribution < -0.4 is 0 Å². The second kappa shape index (κ2) is 6.67. The first-order valence-corrected chi connectivity index (χ1v) is 10.4. The van der Waals surface area contributed by atoms with E-state index in [0.717, 1.165) is 25.8 Å². The molecule has 0 saturated carbocycles. The minimum Gasteiger partial charge on any atom is -0.331 e. The molecule has 1 atom stereocenters. The Morgan fingerprint density at radius 3 is 2.76 bits per heavy atom. The van der Waals surface area contributed by atoms with Crippen LogP contribution in [0.1, 0.15) is 28.5 Å². The first kappa shape index (κ1) is 16.4. The van der Waals surface area contributed by atoms with Gasteiger partial charge in [-0.3, -0.25) is 4.79 Å². The molecular formula is C18H15N3OS3. The monoisotopic (exact) mass is 385 g/mol. The Hall–Kier alpha value is -2.09. The maximum Gasteiger partial charge on any atom is 0.273 e. The minimum atomic E-state index is -0.101. The zero-order valence-electron chi connectivity index (χ0n) is 13.7. The van der Waals surface area contributed by atoms with Gasteiger partial charge in [0.25, 0.3) is 5.91 Å². The summed E-state index contributed by atoms with van der Waals surface area (Å²) in [5.74, 6) is -0.0792. The third-order valence-electron chi connectivity index (χ3n) is 4.06. The molecule has 0 N–H and O–H groups in total. The van der Waals surface area contributed by atoms with Crippen LogP contribution in [0.15, 0.2) is 46.5 Å². The van der Waals surface area contributed by atoms with Crippen molar-refractivity contribution >= 4 is 50.1 Å². The second-order valence-electron chi connectivity index (χ2n) is 5.66. The number of hydrogen-bond acceptors (Lipinski definition) is 6. The highest BCUT2D eigenvalue weighted by molar-refractivity contribution is 7.18. The Bertz CT molecular complexity index is 986. The number of thiazole rings is 2. The summed E-state index contributed by atoms with van der Waals surface area (Å²) in [6.45, 7) is 2.00. The SMILES string of the molecule is C[C@H](c1nc2ccccc2s1)N(C)C(=O)c1csc(-c2ccsc2)n1. The number of thiophene rings is 1. The van der Waals surface area contributed by atoms with Crippen molar-refractivity contribution in [2.75, 3.05) is 7.05 Å². The van der Waals surface area contributed by atoms with E-state index in [2.05, 4.69) is 16.0 Å².